The summed E-state index contributed by atoms with van der Waals surface area (Å²) in [4.78, 5) is 18.3. The second-order valence-electron chi connectivity index (χ2n) is 5.29. The first kappa shape index (κ1) is 14.8. The van der Waals surface area contributed by atoms with Gasteiger partial charge in [0.05, 0.1) is 5.69 Å². The van der Waals surface area contributed by atoms with Gasteiger partial charge in [0.1, 0.15) is 5.69 Å². The molecule has 1 N–H and O–H groups in total. The molecule has 0 spiro atoms. The fourth-order valence-corrected chi connectivity index (χ4v) is 4.17. The van der Waals surface area contributed by atoms with Crippen molar-refractivity contribution in [3.05, 3.63) is 33.0 Å². The third kappa shape index (κ3) is 3.21. The predicted molar refractivity (Wildman–Crippen MR) is 89.1 cm³/mol. The van der Waals surface area contributed by atoms with Crippen LogP contribution in [0.5, 0.6) is 0 Å². The zero-order valence-electron chi connectivity index (χ0n) is 12.0. The van der Waals surface area contributed by atoms with Gasteiger partial charge in [-0.15, -0.1) is 11.3 Å². The molecule has 4 nitrogen and oxygen atoms in total. The number of amides is 1. The predicted octanol–water partition coefficient (Wildman–Crippen LogP) is 4.25. The van der Waals surface area contributed by atoms with Gasteiger partial charge in [0, 0.05) is 22.1 Å². The van der Waals surface area contributed by atoms with Crippen LogP contribution in [0.15, 0.2) is 16.7 Å². The summed E-state index contributed by atoms with van der Waals surface area (Å²) in [7, 11) is 0. The first-order chi connectivity index (χ1) is 10.2. The molecule has 0 bridgehead atoms. The van der Waals surface area contributed by atoms with Crippen molar-refractivity contribution in [2.24, 2.45) is 0 Å². The molecule has 0 fully saturated rings. The standard InChI is InChI=1S/C15H18BrN3OS/c1-2-7-19-9-10(16)8-12(19)14(20)18-15-17-11-5-3-4-6-13(11)21-15/h8-9H,2-7H2,1H3,(H,17,18,20). The number of carbonyl (C=O) groups is 1. The molecular formula is C15H18BrN3OS. The number of thiazole rings is 1. The Kier molecular flexibility index (Phi) is 4.45. The Balaban J connectivity index is 1.78. The first-order valence-electron chi connectivity index (χ1n) is 7.33. The van der Waals surface area contributed by atoms with Gasteiger partial charge in [0.15, 0.2) is 5.13 Å². The average Bonchev–Trinajstić information content (AvgIpc) is 3.02. The first-order valence-corrected chi connectivity index (χ1v) is 8.94. The van der Waals surface area contributed by atoms with E-state index in [1.807, 2.05) is 16.8 Å². The molecule has 0 unspecified atom stereocenters. The lowest BCUT2D eigenvalue weighted by molar-refractivity contribution is 0.101. The van der Waals surface area contributed by atoms with E-state index in [1.165, 1.54) is 23.4 Å². The van der Waals surface area contributed by atoms with E-state index < -0.39 is 0 Å². The summed E-state index contributed by atoms with van der Waals surface area (Å²) in [5.41, 5.74) is 1.85. The third-order valence-electron chi connectivity index (χ3n) is 3.63. The highest BCUT2D eigenvalue weighted by Gasteiger charge is 2.18. The Morgan fingerprint density at radius 3 is 3.05 bits per heavy atom. The van der Waals surface area contributed by atoms with Gasteiger partial charge in [-0.25, -0.2) is 4.98 Å². The van der Waals surface area contributed by atoms with E-state index in [2.05, 4.69) is 33.2 Å². The molecule has 0 atom stereocenters. The van der Waals surface area contributed by atoms with Crippen LogP contribution in [0.25, 0.3) is 0 Å². The van der Waals surface area contributed by atoms with Gasteiger partial charge in [-0.05, 0) is 54.1 Å². The highest BCUT2D eigenvalue weighted by Crippen LogP contribution is 2.30. The molecule has 2 heterocycles. The molecular weight excluding hydrogens is 350 g/mol. The molecule has 21 heavy (non-hydrogen) atoms. The Morgan fingerprint density at radius 1 is 1.48 bits per heavy atom. The van der Waals surface area contributed by atoms with Crippen LogP contribution in [0.2, 0.25) is 0 Å². The largest absolute Gasteiger partial charge is 0.342 e. The van der Waals surface area contributed by atoms with Gasteiger partial charge < -0.3 is 4.57 Å². The quantitative estimate of drug-likeness (QED) is 0.877. The number of carbonyl (C=O) groups excluding carboxylic acids is 1. The summed E-state index contributed by atoms with van der Waals surface area (Å²) in [5.74, 6) is -0.0831. The van der Waals surface area contributed by atoms with Crippen molar-refractivity contribution in [3.63, 3.8) is 0 Å². The van der Waals surface area contributed by atoms with Crippen molar-refractivity contribution < 1.29 is 4.79 Å². The normalized spacial score (nSPS) is 14.0. The van der Waals surface area contributed by atoms with E-state index in [0.717, 1.165) is 35.4 Å². The van der Waals surface area contributed by atoms with Gasteiger partial charge in [0.25, 0.3) is 5.91 Å². The van der Waals surface area contributed by atoms with E-state index >= 15 is 0 Å². The summed E-state index contributed by atoms with van der Waals surface area (Å²) in [6.07, 6.45) is 7.52. The zero-order chi connectivity index (χ0) is 14.8. The fraction of sp³-hybridized carbons (Fsp3) is 0.467. The summed E-state index contributed by atoms with van der Waals surface area (Å²) < 4.78 is 2.91. The minimum Gasteiger partial charge on any atom is -0.342 e. The average molecular weight is 368 g/mol. The van der Waals surface area contributed by atoms with Crippen molar-refractivity contribution in [2.45, 2.75) is 45.6 Å². The molecule has 0 saturated heterocycles. The summed E-state index contributed by atoms with van der Waals surface area (Å²) in [5, 5.41) is 3.68. The van der Waals surface area contributed by atoms with E-state index in [0.29, 0.717) is 5.69 Å². The maximum atomic E-state index is 12.4. The second-order valence-corrected chi connectivity index (χ2v) is 7.29. The lowest BCUT2D eigenvalue weighted by atomic mass is 10.0. The number of hydrogen-bond acceptors (Lipinski definition) is 3. The molecule has 3 rings (SSSR count). The van der Waals surface area contributed by atoms with Crippen LogP contribution in [0.4, 0.5) is 5.13 Å². The Labute approximate surface area is 136 Å². The van der Waals surface area contributed by atoms with Crippen LogP contribution in [0.3, 0.4) is 0 Å². The summed E-state index contributed by atoms with van der Waals surface area (Å²) in [6, 6.07) is 1.86. The fourth-order valence-electron chi connectivity index (χ4n) is 2.66. The van der Waals surface area contributed by atoms with Crippen LogP contribution in [0, 0.1) is 0 Å². The number of aromatic nitrogens is 2. The van der Waals surface area contributed by atoms with Crippen LogP contribution in [-0.2, 0) is 19.4 Å². The highest BCUT2D eigenvalue weighted by molar-refractivity contribution is 9.10. The van der Waals surface area contributed by atoms with Crippen LogP contribution in [0.1, 0.15) is 47.2 Å². The minimum atomic E-state index is -0.0831. The molecule has 0 aliphatic heterocycles. The second kappa shape index (κ2) is 6.32. The van der Waals surface area contributed by atoms with Gasteiger partial charge in [0.2, 0.25) is 0 Å². The minimum absolute atomic E-state index is 0.0831. The molecule has 1 aliphatic rings. The number of aryl methyl sites for hydroxylation is 3. The van der Waals surface area contributed by atoms with Crippen molar-refractivity contribution in [1.29, 1.82) is 0 Å². The van der Waals surface area contributed by atoms with E-state index in [1.54, 1.807) is 11.3 Å². The topological polar surface area (TPSA) is 46.9 Å². The van der Waals surface area contributed by atoms with Crippen molar-refractivity contribution in [1.82, 2.24) is 9.55 Å². The molecule has 0 saturated carbocycles. The number of anilines is 1. The number of fused-ring (bicyclic) bond motifs is 1. The Morgan fingerprint density at radius 2 is 2.29 bits per heavy atom. The maximum absolute atomic E-state index is 12.4. The van der Waals surface area contributed by atoms with Crippen molar-refractivity contribution in [2.75, 3.05) is 5.32 Å². The number of rotatable bonds is 4. The number of hydrogen-bond donors (Lipinski definition) is 1. The summed E-state index contributed by atoms with van der Waals surface area (Å²) >= 11 is 5.06. The Hall–Kier alpha value is -1.14. The number of nitrogens with zero attached hydrogens (tertiary/aromatic N) is 2. The molecule has 0 aromatic carbocycles. The van der Waals surface area contributed by atoms with Crippen LogP contribution in [-0.4, -0.2) is 15.5 Å². The Bertz CT molecular complexity index is 638. The van der Waals surface area contributed by atoms with Gasteiger partial charge in [-0.3, -0.25) is 10.1 Å². The van der Waals surface area contributed by atoms with Crippen LogP contribution >= 0.6 is 27.3 Å². The molecule has 1 amide bonds. The van der Waals surface area contributed by atoms with Gasteiger partial charge in [-0.1, -0.05) is 6.92 Å². The van der Waals surface area contributed by atoms with Gasteiger partial charge in [-0.2, -0.15) is 0 Å². The summed E-state index contributed by atoms with van der Waals surface area (Å²) in [6.45, 7) is 2.94. The molecule has 2 aromatic rings. The van der Waals surface area contributed by atoms with Gasteiger partial charge >= 0.3 is 0 Å². The SMILES string of the molecule is CCCn1cc(Br)cc1C(=O)Nc1nc2c(s1)CCCC2. The van der Waals surface area contributed by atoms with E-state index in [4.69, 9.17) is 0 Å². The van der Waals surface area contributed by atoms with Crippen LogP contribution < -0.4 is 5.32 Å². The molecule has 1 aliphatic carbocycles. The van der Waals surface area contributed by atoms with Crippen molar-refractivity contribution in [3.8, 4) is 0 Å². The highest BCUT2D eigenvalue weighted by atomic mass is 79.9. The van der Waals surface area contributed by atoms with Crippen molar-refractivity contribution >= 4 is 38.3 Å². The molecule has 2 aromatic heterocycles. The number of nitrogens with one attached hydrogen (secondary N) is 1. The maximum Gasteiger partial charge on any atom is 0.274 e. The zero-order valence-corrected chi connectivity index (χ0v) is 14.4. The third-order valence-corrected chi connectivity index (χ3v) is 5.13. The monoisotopic (exact) mass is 367 g/mol. The molecule has 6 heteroatoms. The smallest absolute Gasteiger partial charge is 0.274 e. The molecule has 0 radical (unpaired) electrons. The number of halogens is 1. The van der Waals surface area contributed by atoms with E-state index in [-0.39, 0.29) is 5.91 Å². The lowest BCUT2D eigenvalue weighted by Gasteiger charge is -2.06. The molecule has 112 valence electrons. The van der Waals surface area contributed by atoms with E-state index in [9.17, 15) is 4.79 Å². The lowest BCUT2D eigenvalue weighted by Crippen LogP contribution is -2.16.